The maximum absolute atomic E-state index is 13.2. The van der Waals surface area contributed by atoms with Gasteiger partial charge < -0.3 is 10.6 Å². The quantitative estimate of drug-likeness (QED) is 0.618. The number of hydrogen-bond donors (Lipinski definition) is 2. The average Bonchev–Trinajstić information content (AvgIpc) is 2.57. The van der Waals surface area contributed by atoms with Gasteiger partial charge in [0, 0.05) is 18.2 Å². The molecule has 6 nitrogen and oxygen atoms in total. The van der Waals surface area contributed by atoms with Crippen LogP contribution in [0.15, 0.2) is 36.4 Å². The van der Waals surface area contributed by atoms with Gasteiger partial charge >= 0.3 is 0 Å². The third-order valence-electron chi connectivity index (χ3n) is 3.72. The molecule has 2 aromatic carbocycles. The Bertz CT molecular complexity index is 812. The molecule has 0 spiro atoms. The first-order chi connectivity index (χ1) is 11.8. The first-order valence-electron chi connectivity index (χ1n) is 7.51. The van der Waals surface area contributed by atoms with Crippen LogP contribution in [0.2, 0.25) is 0 Å². The predicted molar refractivity (Wildman–Crippen MR) is 89.2 cm³/mol. The molecular formula is C17H17F2N3O3. The second-order valence-electron chi connectivity index (χ2n) is 5.58. The van der Waals surface area contributed by atoms with Gasteiger partial charge in [-0.05, 0) is 37.1 Å². The van der Waals surface area contributed by atoms with E-state index in [-0.39, 0.29) is 18.3 Å². The monoisotopic (exact) mass is 349 g/mol. The lowest BCUT2D eigenvalue weighted by Crippen LogP contribution is -2.30. The van der Waals surface area contributed by atoms with Crippen LogP contribution in [0.1, 0.15) is 24.1 Å². The summed E-state index contributed by atoms with van der Waals surface area (Å²) in [5, 5.41) is 16.3. The van der Waals surface area contributed by atoms with E-state index in [1.54, 1.807) is 19.9 Å². The molecule has 132 valence electrons. The number of aryl methyl sites for hydroxylation is 1. The van der Waals surface area contributed by atoms with Crippen LogP contribution in [-0.2, 0) is 4.79 Å². The maximum Gasteiger partial charge on any atom is 0.271 e. The van der Waals surface area contributed by atoms with Crippen molar-refractivity contribution in [2.45, 2.75) is 19.9 Å². The lowest BCUT2D eigenvalue weighted by atomic mass is 10.1. The van der Waals surface area contributed by atoms with Gasteiger partial charge in [0.2, 0.25) is 5.91 Å². The lowest BCUT2D eigenvalue weighted by Gasteiger charge is -2.15. The van der Waals surface area contributed by atoms with Crippen LogP contribution in [0, 0.1) is 28.7 Å². The highest BCUT2D eigenvalue weighted by atomic mass is 19.2. The molecular weight excluding hydrogens is 332 g/mol. The van der Waals surface area contributed by atoms with E-state index in [4.69, 9.17) is 0 Å². The first kappa shape index (κ1) is 18.5. The van der Waals surface area contributed by atoms with E-state index in [1.165, 1.54) is 18.2 Å². The van der Waals surface area contributed by atoms with Gasteiger partial charge in [0.1, 0.15) is 0 Å². The molecule has 2 N–H and O–H groups in total. The van der Waals surface area contributed by atoms with Crippen molar-refractivity contribution in [1.82, 2.24) is 5.32 Å². The van der Waals surface area contributed by atoms with Gasteiger partial charge in [-0.2, -0.15) is 0 Å². The second kappa shape index (κ2) is 7.80. The third kappa shape index (κ3) is 4.80. The van der Waals surface area contributed by atoms with E-state index < -0.39 is 22.5 Å². The summed E-state index contributed by atoms with van der Waals surface area (Å²) in [5.74, 6) is -2.30. The number of anilines is 1. The Hall–Kier alpha value is -2.87. The Kier molecular flexibility index (Phi) is 5.76. The zero-order valence-electron chi connectivity index (χ0n) is 13.7. The number of carbonyl (C=O) groups is 1. The normalized spacial score (nSPS) is 11.8. The number of non-ortho nitro benzene ring substituents is 1. The van der Waals surface area contributed by atoms with Crippen molar-refractivity contribution in [1.29, 1.82) is 0 Å². The minimum absolute atomic E-state index is 0.0949. The Balaban J connectivity index is 1.97. The van der Waals surface area contributed by atoms with Crippen molar-refractivity contribution >= 4 is 17.3 Å². The Morgan fingerprint density at radius 1 is 1.20 bits per heavy atom. The molecule has 0 aliphatic carbocycles. The highest BCUT2D eigenvalue weighted by molar-refractivity contribution is 5.93. The zero-order valence-corrected chi connectivity index (χ0v) is 13.7. The molecule has 1 atom stereocenters. The Morgan fingerprint density at radius 3 is 2.56 bits per heavy atom. The van der Waals surface area contributed by atoms with E-state index >= 15 is 0 Å². The van der Waals surface area contributed by atoms with E-state index in [1.807, 2.05) is 0 Å². The smallest absolute Gasteiger partial charge is 0.271 e. The molecule has 0 aliphatic rings. The number of carbonyl (C=O) groups excluding carboxylic acids is 1. The number of nitro groups is 1. The van der Waals surface area contributed by atoms with Crippen molar-refractivity contribution in [3.05, 3.63) is 69.3 Å². The SMILES string of the molecule is Cc1ccc([N+](=O)[O-])cc1NC(=O)CN[C@@H](C)c1ccc(F)c(F)c1. The minimum atomic E-state index is -0.956. The summed E-state index contributed by atoms with van der Waals surface area (Å²) in [6.45, 7) is 3.33. The highest BCUT2D eigenvalue weighted by Gasteiger charge is 2.13. The molecule has 2 aromatic rings. The summed E-state index contributed by atoms with van der Waals surface area (Å²) < 4.78 is 26.2. The fourth-order valence-corrected chi connectivity index (χ4v) is 2.20. The molecule has 0 saturated heterocycles. The summed E-state index contributed by atoms with van der Waals surface area (Å²) in [4.78, 5) is 22.3. The van der Waals surface area contributed by atoms with Gasteiger partial charge in [0.15, 0.2) is 11.6 Å². The maximum atomic E-state index is 13.2. The molecule has 0 aromatic heterocycles. The van der Waals surface area contributed by atoms with Crippen LogP contribution in [0.4, 0.5) is 20.2 Å². The fraction of sp³-hybridized carbons (Fsp3) is 0.235. The van der Waals surface area contributed by atoms with Crippen molar-refractivity contribution in [2.75, 3.05) is 11.9 Å². The predicted octanol–water partition coefficient (Wildman–Crippen LogP) is 3.47. The van der Waals surface area contributed by atoms with Crippen molar-refractivity contribution < 1.29 is 18.5 Å². The van der Waals surface area contributed by atoms with Crippen molar-refractivity contribution in [2.24, 2.45) is 0 Å². The van der Waals surface area contributed by atoms with Gasteiger partial charge in [-0.15, -0.1) is 0 Å². The standard InChI is InChI=1S/C17H17F2N3O3/c1-10-3-5-13(22(24)25)8-16(10)21-17(23)9-20-11(2)12-4-6-14(18)15(19)7-12/h3-8,11,20H,9H2,1-2H3,(H,21,23)/t11-/m0/s1. The van der Waals surface area contributed by atoms with Crippen molar-refractivity contribution in [3.63, 3.8) is 0 Å². The fourth-order valence-electron chi connectivity index (χ4n) is 2.20. The molecule has 0 bridgehead atoms. The lowest BCUT2D eigenvalue weighted by molar-refractivity contribution is -0.384. The molecule has 0 heterocycles. The van der Waals surface area contributed by atoms with E-state index in [0.29, 0.717) is 16.8 Å². The number of benzene rings is 2. The number of hydrogen-bond acceptors (Lipinski definition) is 4. The van der Waals surface area contributed by atoms with Gasteiger partial charge in [-0.1, -0.05) is 12.1 Å². The molecule has 0 aliphatic heterocycles. The van der Waals surface area contributed by atoms with Gasteiger partial charge in [-0.25, -0.2) is 8.78 Å². The van der Waals surface area contributed by atoms with Gasteiger partial charge in [0.25, 0.3) is 5.69 Å². The average molecular weight is 349 g/mol. The molecule has 0 unspecified atom stereocenters. The summed E-state index contributed by atoms with van der Waals surface area (Å²) in [5.41, 5.74) is 1.41. The molecule has 8 heteroatoms. The summed E-state index contributed by atoms with van der Waals surface area (Å²) in [7, 11) is 0. The highest BCUT2D eigenvalue weighted by Crippen LogP contribution is 2.22. The van der Waals surface area contributed by atoms with Crippen molar-refractivity contribution in [3.8, 4) is 0 Å². The summed E-state index contributed by atoms with van der Waals surface area (Å²) in [6, 6.07) is 7.32. The summed E-state index contributed by atoms with van der Waals surface area (Å²) >= 11 is 0. The number of amides is 1. The Morgan fingerprint density at radius 2 is 1.92 bits per heavy atom. The zero-order chi connectivity index (χ0) is 18.6. The van der Waals surface area contributed by atoms with Gasteiger partial charge in [0.05, 0.1) is 17.2 Å². The van der Waals surface area contributed by atoms with Crippen LogP contribution in [-0.4, -0.2) is 17.4 Å². The topological polar surface area (TPSA) is 84.3 Å². The van der Waals surface area contributed by atoms with E-state index in [9.17, 15) is 23.7 Å². The Labute approximate surface area is 143 Å². The third-order valence-corrected chi connectivity index (χ3v) is 3.72. The number of nitrogens with one attached hydrogen (secondary N) is 2. The molecule has 0 radical (unpaired) electrons. The molecule has 0 fully saturated rings. The van der Waals surface area contributed by atoms with Crippen LogP contribution in [0.25, 0.3) is 0 Å². The van der Waals surface area contributed by atoms with Crippen LogP contribution in [0.5, 0.6) is 0 Å². The number of rotatable bonds is 6. The van der Waals surface area contributed by atoms with E-state index in [0.717, 1.165) is 12.1 Å². The van der Waals surface area contributed by atoms with E-state index in [2.05, 4.69) is 10.6 Å². The van der Waals surface area contributed by atoms with Crippen LogP contribution >= 0.6 is 0 Å². The van der Waals surface area contributed by atoms with Crippen LogP contribution in [0.3, 0.4) is 0 Å². The summed E-state index contributed by atoms with van der Waals surface area (Å²) in [6.07, 6.45) is 0. The van der Waals surface area contributed by atoms with Gasteiger partial charge in [-0.3, -0.25) is 14.9 Å². The number of nitrogens with zero attached hydrogens (tertiary/aromatic N) is 1. The second-order valence-corrected chi connectivity index (χ2v) is 5.58. The molecule has 0 saturated carbocycles. The molecule has 2 rings (SSSR count). The molecule has 1 amide bonds. The number of nitro benzene ring substituents is 1. The largest absolute Gasteiger partial charge is 0.324 e. The number of halogens is 2. The van der Waals surface area contributed by atoms with Crippen LogP contribution < -0.4 is 10.6 Å². The first-order valence-corrected chi connectivity index (χ1v) is 7.51. The minimum Gasteiger partial charge on any atom is -0.324 e. The molecule has 25 heavy (non-hydrogen) atoms.